The molecule has 1 N–H and O–H groups in total. The molecule has 1 aromatic carbocycles. The minimum atomic E-state index is 0.0860. The van der Waals surface area contributed by atoms with E-state index in [0.717, 1.165) is 43.2 Å². The van der Waals surface area contributed by atoms with Crippen LogP contribution in [0.2, 0.25) is 0 Å². The fourth-order valence-corrected chi connectivity index (χ4v) is 2.06. The van der Waals surface area contributed by atoms with Crippen molar-refractivity contribution in [3.8, 4) is 0 Å². The maximum absolute atomic E-state index is 11.4. The molecule has 0 spiro atoms. The molecule has 0 atom stereocenters. The van der Waals surface area contributed by atoms with Gasteiger partial charge in [-0.15, -0.1) is 0 Å². The third-order valence-corrected chi connectivity index (χ3v) is 3.03. The van der Waals surface area contributed by atoms with Gasteiger partial charge in [-0.3, -0.25) is 4.79 Å². The Morgan fingerprint density at radius 2 is 2.06 bits per heavy atom. The van der Waals surface area contributed by atoms with Crippen LogP contribution in [0.25, 0.3) is 0 Å². The van der Waals surface area contributed by atoms with Crippen molar-refractivity contribution >= 4 is 17.2 Å². The number of nitrogens with zero attached hydrogens (tertiary/aromatic N) is 1. The zero-order valence-electron chi connectivity index (χ0n) is 10.3. The number of ether oxygens (including phenoxy) is 1. The first-order chi connectivity index (χ1) is 8.22. The van der Waals surface area contributed by atoms with Crippen molar-refractivity contribution in [1.29, 1.82) is 0 Å². The van der Waals surface area contributed by atoms with Gasteiger partial charge in [0.1, 0.15) is 0 Å². The summed E-state index contributed by atoms with van der Waals surface area (Å²) in [6.07, 6.45) is 0. The van der Waals surface area contributed by atoms with Crippen molar-refractivity contribution in [2.45, 2.75) is 6.92 Å². The molecule has 1 aliphatic rings. The van der Waals surface area contributed by atoms with Gasteiger partial charge in [0.2, 0.25) is 0 Å². The highest BCUT2D eigenvalue weighted by Crippen LogP contribution is 2.24. The van der Waals surface area contributed by atoms with Gasteiger partial charge >= 0.3 is 0 Å². The molecule has 0 aliphatic carbocycles. The van der Waals surface area contributed by atoms with Crippen LogP contribution < -0.4 is 10.2 Å². The number of carbonyl (C=O) groups is 1. The molecule has 17 heavy (non-hydrogen) atoms. The number of hydrogen-bond donors (Lipinski definition) is 1. The summed E-state index contributed by atoms with van der Waals surface area (Å²) in [6.45, 7) is 4.93. The second-order valence-electron chi connectivity index (χ2n) is 4.14. The van der Waals surface area contributed by atoms with Crippen LogP contribution in [-0.4, -0.2) is 39.1 Å². The highest BCUT2D eigenvalue weighted by Gasteiger charge is 2.13. The standard InChI is InChI=1S/C13H18N2O2/c1-10(16)12-4-3-11(9-13(12)14-2)15-5-7-17-8-6-15/h3-4,9,14H,5-8H2,1-2H3. The van der Waals surface area contributed by atoms with Crippen molar-refractivity contribution < 1.29 is 9.53 Å². The van der Waals surface area contributed by atoms with E-state index in [2.05, 4.69) is 10.2 Å². The van der Waals surface area contributed by atoms with E-state index in [0.29, 0.717) is 0 Å². The monoisotopic (exact) mass is 234 g/mol. The zero-order valence-corrected chi connectivity index (χ0v) is 10.3. The maximum atomic E-state index is 11.4. The van der Waals surface area contributed by atoms with E-state index in [9.17, 15) is 4.79 Å². The van der Waals surface area contributed by atoms with Gasteiger partial charge in [0.25, 0.3) is 0 Å². The Kier molecular flexibility index (Phi) is 3.64. The number of rotatable bonds is 3. The van der Waals surface area contributed by atoms with Crippen LogP contribution in [0.15, 0.2) is 18.2 Å². The molecule has 92 valence electrons. The van der Waals surface area contributed by atoms with Crippen molar-refractivity contribution in [3.05, 3.63) is 23.8 Å². The molecule has 0 saturated carbocycles. The number of nitrogens with one attached hydrogen (secondary N) is 1. The average Bonchev–Trinajstić information content (AvgIpc) is 2.39. The van der Waals surface area contributed by atoms with Crippen LogP contribution in [0.1, 0.15) is 17.3 Å². The lowest BCUT2D eigenvalue weighted by atomic mass is 10.1. The molecular formula is C13H18N2O2. The molecular weight excluding hydrogens is 216 g/mol. The second kappa shape index (κ2) is 5.19. The Bertz CT molecular complexity index is 412. The molecule has 1 fully saturated rings. The highest BCUT2D eigenvalue weighted by molar-refractivity contribution is 6.00. The van der Waals surface area contributed by atoms with Gasteiger partial charge in [-0.1, -0.05) is 0 Å². The third kappa shape index (κ3) is 2.58. The molecule has 0 amide bonds. The van der Waals surface area contributed by atoms with Gasteiger partial charge in [-0.05, 0) is 25.1 Å². The highest BCUT2D eigenvalue weighted by atomic mass is 16.5. The van der Waals surface area contributed by atoms with Crippen molar-refractivity contribution in [1.82, 2.24) is 0 Å². The van der Waals surface area contributed by atoms with Crippen molar-refractivity contribution in [3.63, 3.8) is 0 Å². The first-order valence-electron chi connectivity index (χ1n) is 5.88. The molecule has 4 nitrogen and oxygen atoms in total. The number of ketones is 1. The smallest absolute Gasteiger partial charge is 0.161 e. The van der Waals surface area contributed by atoms with Gasteiger partial charge in [0.05, 0.1) is 13.2 Å². The van der Waals surface area contributed by atoms with E-state index in [-0.39, 0.29) is 5.78 Å². The third-order valence-electron chi connectivity index (χ3n) is 3.03. The minimum absolute atomic E-state index is 0.0860. The fraction of sp³-hybridized carbons (Fsp3) is 0.462. The summed E-state index contributed by atoms with van der Waals surface area (Å²) in [7, 11) is 1.84. The summed E-state index contributed by atoms with van der Waals surface area (Å²) < 4.78 is 5.33. The van der Waals surface area contributed by atoms with Crippen LogP contribution in [0.3, 0.4) is 0 Å². The summed E-state index contributed by atoms with van der Waals surface area (Å²) in [5, 5.41) is 3.08. The van der Waals surface area contributed by atoms with Crippen molar-refractivity contribution in [2.24, 2.45) is 0 Å². The zero-order chi connectivity index (χ0) is 12.3. The van der Waals surface area contributed by atoms with Gasteiger partial charge in [-0.25, -0.2) is 0 Å². The number of anilines is 2. The maximum Gasteiger partial charge on any atom is 0.161 e. The largest absolute Gasteiger partial charge is 0.387 e. The minimum Gasteiger partial charge on any atom is -0.387 e. The molecule has 1 aliphatic heterocycles. The first-order valence-corrected chi connectivity index (χ1v) is 5.88. The van der Waals surface area contributed by atoms with Crippen molar-refractivity contribution in [2.75, 3.05) is 43.6 Å². The van der Waals surface area contributed by atoms with E-state index in [1.165, 1.54) is 0 Å². The van der Waals surface area contributed by atoms with Gasteiger partial charge < -0.3 is 15.0 Å². The predicted octanol–water partition coefficient (Wildman–Crippen LogP) is 1.77. The average molecular weight is 234 g/mol. The number of carbonyl (C=O) groups excluding carboxylic acids is 1. The Hall–Kier alpha value is -1.55. The number of benzene rings is 1. The fourth-order valence-electron chi connectivity index (χ4n) is 2.06. The molecule has 0 bridgehead atoms. The Balaban J connectivity index is 2.27. The van der Waals surface area contributed by atoms with Gasteiger partial charge in [0.15, 0.2) is 5.78 Å². The number of Topliss-reactive ketones (excluding diaryl/α,β-unsaturated/α-hetero) is 1. The summed E-state index contributed by atoms with van der Waals surface area (Å²) >= 11 is 0. The van der Waals surface area contributed by atoms with Gasteiger partial charge in [0, 0.05) is 37.1 Å². The summed E-state index contributed by atoms with van der Waals surface area (Å²) in [5.41, 5.74) is 2.77. The molecule has 0 radical (unpaired) electrons. The van der Waals surface area contributed by atoms with E-state index >= 15 is 0 Å². The lowest BCUT2D eigenvalue weighted by Crippen LogP contribution is -2.36. The Labute approximate surface area is 102 Å². The molecule has 1 aromatic rings. The normalized spacial score (nSPS) is 15.8. The van der Waals surface area contributed by atoms with Crippen LogP contribution in [0.4, 0.5) is 11.4 Å². The quantitative estimate of drug-likeness (QED) is 0.809. The lowest BCUT2D eigenvalue weighted by molar-refractivity contribution is 0.101. The first kappa shape index (κ1) is 11.9. The summed E-state index contributed by atoms with van der Waals surface area (Å²) in [4.78, 5) is 13.7. The van der Waals surface area contributed by atoms with Gasteiger partial charge in [-0.2, -0.15) is 0 Å². The molecule has 1 heterocycles. The van der Waals surface area contributed by atoms with Crippen LogP contribution in [0.5, 0.6) is 0 Å². The molecule has 0 aromatic heterocycles. The van der Waals surface area contributed by atoms with Crippen LogP contribution in [-0.2, 0) is 4.74 Å². The Morgan fingerprint density at radius 3 is 2.65 bits per heavy atom. The molecule has 0 unspecified atom stereocenters. The van der Waals surface area contributed by atoms with E-state index in [4.69, 9.17) is 4.74 Å². The topological polar surface area (TPSA) is 41.6 Å². The Morgan fingerprint density at radius 1 is 1.35 bits per heavy atom. The summed E-state index contributed by atoms with van der Waals surface area (Å²) in [6, 6.07) is 5.92. The number of hydrogen-bond acceptors (Lipinski definition) is 4. The lowest BCUT2D eigenvalue weighted by Gasteiger charge is -2.29. The number of morpholine rings is 1. The second-order valence-corrected chi connectivity index (χ2v) is 4.14. The SMILES string of the molecule is CNc1cc(N2CCOCC2)ccc1C(C)=O. The van der Waals surface area contributed by atoms with E-state index < -0.39 is 0 Å². The van der Waals surface area contributed by atoms with Crippen LogP contribution in [0, 0.1) is 0 Å². The molecule has 4 heteroatoms. The van der Waals surface area contributed by atoms with E-state index in [1.807, 2.05) is 25.2 Å². The van der Waals surface area contributed by atoms with Crippen LogP contribution >= 0.6 is 0 Å². The summed E-state index contributed by atoms with van der Waals surface area (Å²) in [5.74, 6) is 0.0860. The molecule has 2 rings (SSSR count). The molecule has 1 saturated heterocycles. The van der Waals surface area contributed by atoms with E-state index in [1.54, 1.807) is 6.92 Å². The predicted molar refractivity (Wildman–Crippen MR) is 69.0 cm³/mol.